The van der Waals surface area contributed by atoms with Gasteiger partial charge in [0.15, 0.2) is 0 Å². The van der Waals surface area contributed by atoms with E-state index in [1.165, 1.54) is 11.3 Å². The van der Waals surface area contributed by atoms with Gasteiger partial charge in [-0.05, 0) is 33.2 Å². The fraction of sp³-hybridized carbons (Fsp3) is 0.733. The Morgan fingerprint density at radius 3 is 2.85 bits per heavy atom. The van der Waals surface area contributed by atoms with Crippen LogP contribution in [-0.2, 0) is 17.9 Å². The van der Waals surface area contributed by atoms with Crippen molar-refractivity contribution in [2.45, 2.75) is 39.8 Å². The zero-order valence-corrected chi connectivity index (χ0v) is 13.1. The van der Waals surface area contributed by atoms with Gasteiger partial charge in [-0.1, -0.05) is 0 Å². The summed E-state index contributed by atoms with van der Waals surface area (Å²) < 4.78 is 2.04. The fourth-order valence-electron chi connectivity index (χ4n) is 3.00. The van der Waals surface area contributed by atoms with Gasteiger partial charge in [-0.15, -0.1) is 0 Å². The summed E-state index contributed by atoms with van der Waals surface area (Å²) in [7, 11) is 4.06. The van der Waals surface area contributed by atoms with E-state index in [1.807, 2.05) is 22.8 Å². The Morgan fingerprint density at radius 1 is 1.50 bits per heavy atom. The molecule has 1 atom stereocenters. The molecule has 2 heterocycles. The number of aromatic nitrogens is 2. The Morgan fingerprint density at radius 2 is 2.25 bits per heavy atom. The molecule has 0 radical (unpaired) electrons. The molecule has 0 spiro atoms. The number of carbonyl (C=O) groups is 1. The minimum Gasteiger partial charge on any atom is -0.345 e. The molecule has 1 aromatic rings. The first-order valence-electron chi connectivity index (χ1n) is 7.45. The number of rotatable bonds is 5. The minimum atomic E-state index is 0.281. The molecule has 2 rings (SSSR count). The molecule has 0 N–H and O–H groups in total. The van der Waals surface area contributed by atoms with Crippen LogP contribution in [0.5, 0.6) is 0 Å². The lowest BCUT2D eigenvalue weighted by Gasteiger charge is -2.32. The van der Waals surface area contributed by atoms with E-state index in [2.05, 4.69) is 30.9 Å². The van der Waals surface area contributed by atoms with E-state index in [-0.39, 0.29) is 5.91 Å². The van der Waals surface area contributed by atoms with Gasteiger partial charge in [0.05, 0.1) is 6.20 Å². The second-order valence-corrected chi connectivity index (χ2v) is 5.95. The number of hydrogen-bond donors (Lipinski definition) is 0. The fourth-order valence-corrected chi connectivity index (χ4v) is 3.00. The summed E-state index contributed by atoms with van der Waals surface area (Å²) in [4.78, 5) is 15.7. The molecular weight excluding hydrogens is 252 g/mol. The maximum Gasteiger partial charge on any atom is 0.222 e. The van der Waals surface area contributed by atoms with Crippen LogP contribution in [-0.4, -0.2) is 52.7 Å². The van der Waals surface area contributed by atoms with Gasteiger partial charge in [-0.25, -0.2) is 0 Å². The maximum atomic E-state index is 11.5. The second-order valence-electron chi connectivity index (χ2n) is 5.95. The molecule has 112 valence electrons. The number of amides is 1. The van der Waals surface area contributed by atoms with Crippen LogP contribution in [0.4, 0.5) is 0 Å². The van der Waals surface area contributed by atoms with Gasteiger partial charge >= 0.3 is 0 Å². The molecule has 5 nitrogen and oxygen atoms in total. The van der Waals surface area contributed by atoms with E-state index in [0.717, 1.165) is 32.6 Å². The third kappa shape index (κ3) is 3.39. The largest absolute Gasteiger partial charge is 0.345 e. The Balaban J connectivity index is 1.87. The Bertz CT molecular complexity index is 468. The summed E-state index contributed by atoms with van der Waals surface area (Å²) in [5, 5.41) is 4.39. The lowest BCUT2D eigenvalue weighted by Crippen LogP contribution is -2.41. The smallest absolute Gasteiger partial charge is 0.222 e. The number of likely N-dealkylation sites (tertiary alicyclic amines) is 1. The first kappa shape index (κ1) is 15.0. The standard InChI is InChI=1S/C15H26N4O/c1-5-19-12(2)14(8-16-19)11-17(3)9-13-6-7-15(20)18(4)10-13/h8,13H,5-7,9-11H2,1-4H3. The predicted molar refractivity (Wildman–Crippen MR) is 79.3 cm³/mol. The van der Waals surface area contributed by atoms with E-state index in [0.29, 0.717) is 12.3 Å². The average Bonchev–Trinajstić information content (AvgIpc) is 2.75. The van der Waals surface area contributed by atoms with Crippen molar-refractivity contribution in [3.8, 4) is 0 Å². The summed E-state index contributed by atoms with van der Waals surface area (Å²) in [6, 6.07) is 0. The molecule has 1 aromatic heterocycles. The second kappa shape index (κ2) is 6.39. The summed E-state index contributed by atoms with van der Waals surface area (Å²) in [6.07, 6.45) is 3.69. The summed E-state index contributed by atoms with van der Waals surface area (Å²) in [6.45, 7) is 8.02. The Kier molecular flexibility index (Phi) is 4.81. The molecule has 1 fully saturated rings. The van der Waals surface area contributed by atoms with Gasteiger partial charge in [0.25, 0.3) is 0 Å². The van der Waals surface area contributed by atoms with Crippen LogP contribution in [0, 0.1) is 12.8 Å². The molecule has 1 aliphatic heterocycles. The van der Waals surface area contributed by atoms with Crippen molar-refractivity contribution in [1.29, 1.82) is 0 Å². The van der Waals surface area contributed by atoms with E-state index in [1.54, 1.807) is 0 Å². The van der Waals surface area contributed by atoms with Crippen LogP contribution >= 0.6 is 0 Å². The highest BCUT2D eigenvalue weighted by molar-refractivity contribution is 5.76. The number of aryl methyl sites for hydroxylation is 1. The molecule has 1 unspecified atom stereocenters. The molecule has 20 heavy (non-hydrogen) atoms. The summed E-state index contributed by atoms with van der Waals surface area (Å²) in [5.41, 5.74) is 2.56. The zero-order valence-electron chi connectivity index (χ0n) is 13.1. The molecule has 1 saturated heterocycles. The molecule has 0 bridgehead atoms. The van der Waals surface area contributed by atoms with Crippen molar-refractivity contribution in [2.24, 2.45) is 5.92 Å². The molecule has 0 aliphatic carbocycles. The molecule has 0 aromatic carbocycles. The van der Waals surface area contributed by atoms with E-state index in [9.17, 15) is 4.79 Å². The highest BCUT2D eigenvalue weighted by Gasteiger charge is 2.23. The molecule has 0 saturated carbocycles. The van der Waals surface area contributed by atoms with Crippen molar-refractivity contribution >= 4 is 5.91 Å². The van der Waals surface area contributed by atoms with Crippen LogP contribution in [0.15, 0.2) is 6.20 Å². The number of hydrogen-bond acceptors (Lipinski definition) is 3. The third-order valence-electron chi connectivity index (χ3n) is 4.24. The Hall–Kier alpha value is -1.36. The summed E-state index contributed by atoms with van der Waals surface area (Å²) in [5.74, 6) is 0.869. The summed E-state index contributed by atoms with van der Waals surface area (Å²) >= 11 is 0. The minimum absolute atomic E-state index is 0.281. The average molecular weight is 278 g/mol. The van der Waals surface area contributed by atoms with Gasteiger partial charge < -0.3 is 9.80 Å². The highest BCUT2D eigenvalue weighted by Crippen LogP contribution is 2.18. The number of nitrogens with zero attached hydrogens (tertiary/aromatic N) is 4. The lowest BCUT2D eigenvalue weighted by molar-refractivity contribution is -0.133. The molecule has 5 heteroatoms. The maximum absolute atomic E-state index is 11.5. The van der Waals surface area contributed by atoms with Crippen molar-refractivity contribution in [3.63, 3.8) is 0 Å². The van der Waals surface area contributed by atoms with Gasteiger partial charge in [0.1, 0.15) is 0 Å². The first-order valence-corrected chi connectivity index (χ1v) is 7.45. The number of carbonyl (C=O) groups excluding carboxylic acids is 1. The van der Waals surface area contributed by atoms with E-state index in [4.69, 9.17) is 0 Å². The first-order chi connectivity index (χ1) is 9.51. The molecule has 1 amide bonds. The Labute approximate surface area is 121 Å². The van der Waals surface area contributed by atoms with Gasteiger partial charge in [-0.3, -0.25) is 9.48 Å². The zero-order chi connectivity index (χ0) is 14.7. The molecular formula is C15H26N4O. The van der Waals surface area contributed by atoms with Crippen LogP contribution in [0.2, 0.25) is 0 Å². The van der Waals surface area contributed by atoms with Crippen molar-refractivity contribution in [3.05, 3.63) is 17.5 Å². The SMILES string of the molecule is CCn1ncc(CN(C)CC2CCC(=O)N(C)C2)c1C. The topological polar surface area (TPSA) is 41.4 Å². The van der Waals surface area contributed by atoms with E-state index < -0.39 is 0 Å². The van der Waals surface area contributed by atoms with Crippen molar-refractivity contribution < 1.29 is 4.79 Å². The van der Waals surface area contributed by atoms with Crippen LogP contribution in [0.25, 0.3) is 0 Å². The van der Waals surface area contributed by atoms with E-state index >= 15 is 0 Å². The van der Waals surface area contributed by atoms with Crippen LogP contribution < -0.4 is 0 Å². The van der Waals surface area contributed by atoms with Crippen molar-refractivity contribution in [2.75, 3.05) is 27.2 Å². The monoisotopic (exact) mass is 278 g/mol. The molecule has 1 aliphatic rings. The van der Waals surface area contributed by atoms with Gasteiger partial charge in [0.2, 0.25) is 5.91 Å². The third-order valence-corrected chi connectivity index (χ3v) is 4.24. The van der Waals surface area contributed by atoms with Gasteiger partial charge in [-0.2, -0.15) is 5.10 Å². The lowest BCUT2D eigenvalue weighted by atomic mass is 9.97. The normalized spacial score (nSPS) is 19.9. The van der Waals surface area contributed by atoms with Crippen molar-refractivity contribution in [1.82, 2.24) is 19.6 Å². The quantitative estimate of drug-likeness (QED) is 0.820. The van der Waals surface area contributed by atoms with Crippen LogP contribution in [0.1, 0.15) is 31.0 Å². The highest BCUT2D eigenvalue weighted by atomic mass is 16.2. The predicted octanol–water partition coefficient (Wildman–Crippen LogP) is 1.51. The number of piperidine rings is 1. The van der Waals surface area contributed by atoms with Gasteiger partial charge in [0, 0.05) is 50.9 Å². The van der Waals surface area contributed by atoms with Crippen LogP contribution in [0.3, 0.4) is 0 Å².